The maximum Gasteiger partial charge on any atom is 0.348 e. The Labute approximate surface area is 159 Å². The molecule has 2 aromatic carbocycles. The highest BCUT2D eigenvalue weighted by Gasteiger charge is 2.10. The van der Waals surface area contributed by atoms with Crippen molar-refractivity contribution in [2.75, 3.05) is 0 Å². The smallest absolute Gasteiger partial charge is 0.348 e. The van der Waals surface area contributed by atoms with E-state index in [9.17, 15) is 9.59 Å². The molecule has 8 heteroatoms. The van der Waals surface area contributed by atoms with Crippen LogP contribution < -0.4 is 11.4 Å². The Hall–Kier alpha value is -3.50. The molecule has 0 aliphatic rings. The monoisotopic (exact) mass is 382 g/mol. The van der Waals surface area contributed by atoms with Crippen molar-refractivity contribution in [1.82, 2.24) is 14.8 Å². The van der Waals surface area contributed by atoms with E-state index in [0.717, 1.165) is 10.1 Å². The van der Waals surface area contributed by atoms with Crippen LogP contribution in [0.15, 0.2) is 63.3 Å². The zero-order chi connectivity index (χ0) is 19.2. The van der Waals surface area contributed by atoms with E-state index in [1.807, 2.05) is 12.1 Å². The van der Waals surface area contributed by atoms with E-state index in [-0.39, 0.29) is 6.61 Å². The predicted molar refractivity (Wildman–Crippen MR) is 103 cm³/mol. The highest BCUT2D eigenvalue weighted by Crippen LogP contribution is 2.12. The van der Waals surface area contributed by atoms with Gasteiger partial charge >= 0.3 is 11.4 Å². The molecule has 3 aromatic rings. The van der Waals surface area contributed by atoms with Gasteiger partial charge in [0.05, 0.1) is 5.69 Å². The van der Waals surface area contributed by atoms with Crippen LogP contribution in [0.5, 0.6) is 0 Å². The van der Waals surface area contributed by atoms with Gasteiger partial charge in [-0.05, 0) is 37.1 Å². The van der Waals surface area contributed by atoms with E-state index in [0.29, 0.717) is 22.0 Å². The van der Waals surface area contributed by atoms with Gasteiger partial charge in [0.25, 0.3) is 0 Å². The van der Waals surface area contributed by atoms with Gasteiger partial charge in [0.15, 0.2) is 0 Å². The topological polar surface area (TPSA) is 92.2 Å². The Morgan fingerprint density at radius 3 is 2.63 bits per heavy atom. The van der Waals surface area contributed by atoms with Crippen LogP contribution in [0.2, 0.25) is 5.02 Å². The van der Waals surface area contributed by atoms with Gasteiger partial charge in [0.2, 0.25) is 0 Å². The molecule has 0 bridgehead atoms. The van der Waals surface area contributed by atoms with E-state index >= 15 is 0 Å². The molecule has 27 heavy (non-hydrogen) atoms. The second-order valence-corrected chi connectivity index (χ2v) is 5.97. The minimum Gasteiger partial charge on any atom is -0.390 e. The first kappa shape index (κ1) is 18.3. The summed E-state index contributed by atoms with van der Waals surface area (Å²) < 4.78 is 0.994. The summed E-state index contributed by atoms with van der Waals surface area (Å²) >= 11 is 5.92. The summed E-state index contributed by atoms with van der Waals surface area (Å²) in [5, 5.41) is 9.06. The van der Waals surface area contributed by atoms with Gasteiger partial charge < -0.3 is 4.84 Å². The standard InChI is InChI=1S/C19H15ClN4O3/c1-13(9-10-14-5-4-7-16(20)11-14)23-27-12-15-6-2-3-8-17(15)24-18(25)21-22-19(24)26/h2-8,11H,12H2,1H3,(H,21,25)(H,22,26)/b23-13+. The van der Waals surface area contributed by atoms with E-state index in [4.69, 9.17) is 16.4 Å². The molecule has 7 nitrogen and oxygen atoms in total. The molecule has 0 saturated heterocycles. The van der Waals surface area contributed by atoms with E-state index in [1.165, 1.54) is 0 Å². The third-order valence-electron chi connectivity index (χ3n) is 3.55. The third-order valence-corrected chi connectivity index (χ3v) is 3.78. The van der Waals surface area contributed by atoms with Crippen LogP contribution in [0.4, 0.5) is 0 Å². The van der Waals surface area contributed by atoms with Crippen molar-refractivity contribution in [2.45, 2.75) is 13.5 Å². The highest BCUT2D eigenvalue weighted by atomic mass is 35.5. The Morgan fingerprint density at radius 2 is 1.89 bits per heavy atom. The Kier molecular flexibility index (Phi) is 5.59. The number of nitrogens with zero attached hydrogens (tertiary/aromatic N) is 2. The van der Waals surface area contributed by atoms with Gasteiger partial charge in [-0.3, -0.25) is 0 Å². The number of rotatable bonds is 4. The molecule has 0 fully saturated rings. The van der Waals surface area contributed by atoms with Crippen LogP contribution >= 0.6 is 11.6 Å². The quantitative estimate of drug-likeness (QED) is 0.412. The molecule has 0 saturated carbocycles. The van der Waals surface area contributed by atoms with Crippen molar-refractivity contribution < 1.29 is 4.84 Å². The van der Waals surface area contributed by atoms with Crippen molar-refractivity contribution in [1.29, 1.82) is 0 Å². The van der Waals surface area contributed by atoms with Crippen LogP contribution in [-0.2, 0) is 11.4 Å². The number of hydrogen-bond acceptors (Lipinski definition) is 4. The molecule has 2 N–H and O–H groups in total. The Morgan fingerprint density at radius 1 is 1.15 bits per heavy atom. The molecule has 0 unspecified atom stereocenters. The molecule has 0 radical (unpaired) electrons. The highest BCUT2D eigenvalue weighted by molar-refractivity contribution is 6.30. The second-order valence-electron chi connectivity index (χ2n) is 5.53. The minimum absolute atomic E-state index is 0.0728. The Bertz CT molecular complexity index is 1130. The van der Waals surface area contributed by atoms with Gasteiger partial charge in [-0.1, -0.05) is 46.9 Å². The first-order valence-electron chi connectivity index (χ1n) is 7.97. The largest absolute Gasteiger partial charge is 0.390 e. The SMILES string of the molecule is C/C(C#Cc1cccc(Cl)c1)=N\OCc1ccccc1-n1c(=O)[nH][nH]c1=O. The molecule has 0 spiro atoms. The van der Waals surface area contributed by atoms with Crippen LogP contribution in [0, 0.1) is 11.8 Å². The first-order valence-corrected chi connectivity index (χ1v) is 8.34. The van der Waals surface area contributed by atoms with E-state index < -0.39 is 11.4 Å². The fourth-order valence-electron chi connectivity index (χ4n) is 2.33. The maximum atomic E-state index is 11.8. The molecule has 0 atom stereocenters. The molecule has 1 aromatic heterocycles. The number of oxime groups is 1. The van der Waals surface area contributed by atoms with Crippen molar-refractivity contribution in [3.8, 4) is 17.5 Å². The first-order chi connectivity index (χ1) is 13.0. The van der Waals surface area contributed by atoms with Crippen molar-refractivity contribution in [2.24, 2.45) is 5.16 Å². The maximum absolute atomic E-state index is 11.8. The minimum atomic E-state index is -0.556. The number of aromatic amines is 2. The zero-order valence-corrected chi connectivity index (χ0v) is 15.1. The normalized spacial score (nSPS) is 11.0. The van der Waals surface area contributed by atoms with Gasteiger partial charge in [0.1, 0.15) is 12.3 Å². The van der Waals surface area contributed by atoms with Crippen molar-refractivity contribution in [3.05, 3.63) is 85.6 Å². The van der Waals surface area contributed by atoms with Gasteiger partial charge in [0, 0.05) is 16.1 Å². The van der Waals surface area contributed by atoms with Crippen LogP contribution in [-0.4, -0.2) is 20.5 Å². The second kappa shape index (κ2) is 8.25. The number of nitrogens with one attached hydrogen (secondary N) is 2. The summed E-state index contributed by atoms with van der Waals surface area (Å²) in [5.41, 5.74) is 1.18. The summed E-state index contributed by atoms with van der Waals surface area (Å²) in [7, 11) is 0. The lowest BCUT2D eigenvalue weighted by Gasteiger charge is -2.07. The zero-order valence-electron chi connectivity index (χ0n) is 14.3. The number of benzene rings is 2. The fourth-order valence-corrected chi connectivity index (χ4v) is 2.52. The summed E-state index contributed by atoms with van der Waals surface area (Å²) in [6, 6.07) is 14.1. The summed E-state index contributed by atoms with van der Waals surface area (Å²) in [6.07, 6.45) is 0. The van der Waals surface area contributed by atoms with Gasteiger partial charge in [-0.15, -0.1) is 0 Å². The Balaban J connectivity index is 1.74. The summed E-state index contributed by atoms with van der Waals surface area (Å²) in [5.74, 6) is 5.82. The van der Waals surface area contributed by atoms with Crippen molar-refractivity contribution >= 4 is 17.3 Å². The molecular formula is C19H15ClN4O3. The van der Waals surface area contributed by atoms with E-state index in [2.05, 4.69) is 27.2 Å². The molecule has 0 aliphatic carbocycles. The average molecular weight is 383 g/mol. The lowest BCUT2D eigenvalue weighted by atomic mass is 10.2. The molecule has 0 amide bonds. The van der Waals surface area contributed by atoms with Crippen LogP contribution in [0.3, 0.4) is 0 Å². The predicted octanol–water partition coefficient (Wildman–Crippen LogP) is 2.45. The third kappa shape index (κ3) is 4.57. The molecule has 3 rings (SSSR count). The fraction of sp³-hybridized carbons (Fsp3) is 0.105. The van der Waals surface area contributed by atoms with Crippen molar-refractivity contribution in [3.63, 3.8) is 0 Å². The van der Waals surface area contributed by atoms with E-state index in [1.54, 1.807) is 43.3 Å². The summed E-state index contributed by atoms with van der Waals surface area (Å²) in [4.78, 5) is 28.9. The average Bonchev–Trinajstić information content (AvgIpc) is 2.99. The number of halogens is 1. The van der Waals surface area contributed by atoms with Gasteiger partial charge in [-0.25, -0.2) is 24.4 Å². The van der Waals surface area contributed by atoms with Gasteiger partial charge in [-0.2, -0.15) is 0 Å². The lowest BCUT2D eigenvalue weighted by Crippen LogP contribution is -2.25. The number of para-hydroxylation sites is 1. The molecular weight excluding hydrogens is 368 g/mol. The molecule has 1 heterocycles. The molecule has 136 valence electrons. The number of hydrogen-bond donors (Lipinski definition) is 2. The number of H-pyrrole nitrogens is 2. The molecule has 0 aliphatic heterocycles. The number of aromatic nitrogens is 3. The van der Waals surface area contributed by atoms with Crippen LogP contribution in [0.1, 0.15) is 18.1 Å². The summed E-state index contributed by atoms with van der Waals surface area (Å²) in [6.45, 7) is 1.79. The van der Waals surface area contributed by atoms with Crippen LogP contribution in [0.25, 0.3) is 5.69 Å². The lowest BCUT2D eigenvalue weighted by molar-refractivity contribution is 0.130.